The van der Waals surface area contributed by atoms with E-state index in [4.69, 9.17) is 40.9 Å². The summed E-state index contributed by atoms with van der Waals surface area (Å²) in [7, 11) is 0. The minimum atomic E-state index is -1.82. The molecule has 0 saturated heterocycles. The van der Waals surface area contributed by atoms with E-state index in [0.717, 1.165) is 28.4 Å². The molecule has 8 heteroatoms. The second-order valence-electron chi connectivity index (χ2n) is 6.62. The van der Waals surface area contributed by atoms with Gasteiger partial charge < -0.3 is 25.0 Å². The monoisotopic (exact) mass is 389 g/mol. The molecule has 1 rings (SSSR count). The second kappa shape index (κ2) is 11.7. The fourth-order valence-electron chi connectivity index (χ4n) is 1.93. The van der Waals surface area contributed by atoms with Crippen molar-refractivity contribution in [3.8, 4) is 5.75 Å². The van der Waals surface area contributed by atoms with Crippen LogP contribution in [0.4, 0.5) is 0 Å². The lowest BCUT2D eigenvalue weighted by molar-refractivity contribution is -0.159. The molecule has 0 atom stereocenters. The highest BCUT2D eigenvalue weighted by molar-refractivity contribution is 6.30. The number of carboxylic acid groups (broad SMARTS) is 2. The minimum Gasteiger partial charge on any atom is -0.491 e. The van der Waals surface area contributed by atoms with Crippen LogP contribution in [-0.2, 0) is 14.3 Å². The molecule has 0 aliphatic rings. The lowest BCUT2D eigenvalue weighted by Gasteiger charge is -2.20. The first-order chi connectivity index (χ1) is 11.9. The molecule has 0 bridgehead atoms. The van der Waals surface area contributed by atoms with E-state index < -0.39 is 11.9 Å². The molecule has 26 heavy (non-hydrogen) atoms. The summed E-state index contributed by atoms with van der Waals surface area (Å²) in [4.78, 5) is 18.2. The standard InChI is InChI=1S/C16H26ClNO2.C2H2O4/c1-12-10-14(17)11-13(2)15(12)20-9-8-19-7-6-18-16(3,4)5;3-1(4)2(5)6/h10-11,18H,6-9H2,1-5H3;(H,3,4)(H,5,6). The van der Waals surface area contributed by atoms with Crippen LogP contribution in [0.3, 0.4) is 0 Å². The van der Waals surface area contributed by atoms with Gasteiger partial charge in [-0.1, -0.05) is 11.6 Å². The van der Waals surface area contributed by atoms with Crippen LogP contribution in [0.25, 0.3) is 0 Å². The van der Waals surface area contributed by atoms with Gasteiger partial charge in [-0.05, 0) is 57.9 Å². The summed E-state index contributed by atoms with van der Waals surface area (Å²) in [5.74, 6) is -2.74. The highest BCUT2D eigenvalue weighted by Gasteiger charge is 2.08. The molecule has 0 radical (unpaired) electrons. The maximum absolute atomic E-state index is 9.10. The SMILES string of the molecule is Cc1cc(Cl)cc(C)c1OCCOCCNC(C)(C)C.O=C(O)C(=O)O. The van der Waals surface area contributed by atoms with E-state index in [1.54, 1.807) is 0 Å². The Morgan fingerprint density at radius 2 is 1.54 bits per heavy atom. The number of carbonyl (C=O) groups is 2. The van der Waals surface area contributed by atoms with Crippen molar-refractivity contribution in [2.24, 2.45) is 0 Å². The van der Waals surface area contributed by atoms with Crippen LogP contribution in [0, 0.1) is 13.8 Å². The fraction of sp³-hybridized carbons (Fsp3) is 0.556. The van der Waals surface area contributed by atoms with Crippen molar-refractivity contribution in [2.75, 3.05) is 26.4 Å². The number of hydrogen-bond acceptors (Lipinski definition) is 5. The van der Waals surface area contributed by atoms with E-state index >= 15 is 0 Å². The lowest BCUT2D eigenvalue weighted by Crippen LogP contribution is -2.38. The molecule has 0 heterocycles. The molecule has 148 valence electrons. The van der Waals surface area contributed by atoms with Gasteiger partial charge in [-0.2, -0.15) is 0 Å². The van der Waals surface area contributed by atoms with Crippen LogP contribution < -0.4 is 10.1 Å². The third-order valence-electron chi connectivity index (χ3n) is 2.98. The van der Waals surface area contributed by atoms with Gasteiger partial charge in [-0.25, -0.2) is 9.59 Å². The van der Waals surface area contributed by atoms with E-state index in [9.17, 15) is 0 Å². The van der Waals surface area contributed by atoms with Gasteiger partial charge in [-0.3, -0.25) is 0 Å². The number of halogens is 1. The highest BCUT2D eigenvalue weighted by Crippen LogP contribution is 2.26. The first-order valence-corrected chi connectivity index (χ1v) is 8.50. The van der Waals surface area contributed by atoms with E-state index in [0.29, 0.717) is 19.8 Å². The van der Waals surface area contributed by atoms with Gasteiger partial charge in [0, 0.05) is 17.1 Å². The van der Waals surface area contributed by atoms with Gasteiger partial charge in [0.05, 0.1) is 13.2 Å². The van der Waals surface area contributed by atoms with Crippen molar-refractivity contribution < 1.29 is 29.3 Å². The molecule has 3 N–H and O–H groups in total. The summed E-state index contributed by atoms with van der Waals surface area (Å²) in [5.41, 5.74) is 2.26. The van der Waals surface area contributed by atoms with Crippen molar-refractivity contribution in [1.82, 2.24) is 5.32 Å². The Labute approximate surface area is 159 Å². The average molecular weight is 390 g/mol. The smallest absolute Gasteiger partial charge is 0.414 e. The predicted molar refractivity (Wildman–Crippen MR) is 100 cm³/mol. The summed E-state index contributed by atoms with van der Waals surface area (Å²) in [6.07, 6.45) is 0. The first-order valence-electron chi connectivity index (χ1n) is 8.12. The number of aryl methyl sites for hydroxylation is 2. The molecule has 0 amide bonds. The number of rotatable bonds is 7. The van der Waals surface area contributed by atoms with E-state index in [2.05, 4.69) is 26.1 Å². The molecule has 7 nitrogen and oxygen atoms in total. The van der Waals surface area contributed by atoms with Crippen LogP contribution in [-0.4, -0.2) is 54.1 Å². The number of hydrogen-bond donors (Lipinski definition) is 3. The zero-order valence-corrected chi connectivity index (χ0v) is 16.6. The largest absolute Gasteiger partial charge is 0.491 e. The Kier molecular flexibility index (Phi) is 10.9. The number of aliphatic carboxylic acids is 2. The summed E-state index contributed by atoms with van der Waals surface area (Å²) < 4.78 is 11.3. The third-order valence-corrected chi connectivity index (χ3v) is 3.20. The Hall–Kier alpha value is -1.83. The van der Waals surface area contributed by atoms with Crippen LogP contribution in [0.5, 0.6) is 5.75 Å². The first kappa shape index (κ1) is 24.2. The van der Waals surface area contributed by atoms with E-state index in [1.165, 1.54) is 0 Å². The molecule has 0 aliphatic heterocycles. The van der Waals surface area contributed by atoms with Crippen LogP contribution >= 0.6 is 11.6 Å². The molecule has 0 aliphatic carbocycles. The molecule has 1 aromatic rings. The number of ether oxygens (including phenoxy) is 2. The molecule has 0 spiro atoms. The third kappa shape index (κ3) is 11.7. The number of benzene rings is 1. The van der Waals surface area contributed by atoms with Crippen molar-refractivity contribution >= 4 is 23.5 Å². The molecule has 0 saturated carbocycles. The molecule has 0 fully saturated rings. The van der Waals surface area contributed by atoms with Crippen molar-refractivity contribution in [3.05, 3.63) is 28.3 Å². The van der Waals surface area contributed by atoms with E-state index in [-0.39, 0.29) is 5.54 Å². The normalized spacial score (nSPS) is 10.7. The maximum atomic E-state index is 9.10. The maximum Gasteiger partial charge on any atom is 0.414 e. The zero-order valence-electron chi connectivity index (χ0n) is 15.9. The zero-order chi connectivity index (χ0) is 20.3. The summed E-state index contributed by atoms with van der Waals surface area (Å²) >= 11 is 5.99. The summed E-state index contributed by atoms with van der Waals surface area (Å²) in [5, 5.41) is 18.9. The van der Waals surface area contributed by atoms with Crippen molar-refractivity contribution in [2.45, 2.75) is 40.2 Å². The van der Waals surface area contributed by atoms with Gasteiger partial charge >= 0.3 is 11.9 Å². The highest BCUT2D eigenvalue weighted by atomic mass is 35.5. The number of carboxylic acids is 2. The van der Waals surface area contributed by atoms with Gasteiger partial charge in [0.15, 0.2) is 0 Å². The van der Waals surface area contributed by atoms with Crippen LogP contribution in [0.1, 0.15) is 31.9 Å². The fourth-order valence-corrected chi connectivity index (χ4v) is 2.26. The lowest BCUT2D eigenvalue weighted by atomic mass is 10.1. The Morgan fingerprint density at radius 1 is 1.04 bits per heavy atom. The topological polar surface area (TPSA) is 105 Å². The molecular weight excluding hydrogens is 362 g/mol. The van der Waals surface area contributed by atoms with Gasteiger partial charge in [0.2, 0.25) is 0 Å². The predicted octanol–water partition coefficient (Wildman–Crippen LogP) is 2.90. The van der Waals surface area contributed by atoms with Gasteiger partial charge in [0.25, 0.3) is 0 Å². The number of nitrogens with one attached hydrogen (secondary N) is 1. The molecule has 1 aromatic carbocycles. The Bertz CT molecular complexity index is 563. The van der Waals surface area contributed by atoms with Gasteiger partial charge in [-0.15, -0.1) is 0 Å². The quantitative estimate of drug-likeness (QED) is 0.486. The van der Waals surface area contributed by atoms with E-state index in [1.807, 2.05) is 26.0 Å². The molecule has 0 unspecified atom stereocenters. The molecular formula is C18H28ClNO6. The van der Waals surface area contributed by atoms with Crippen molar-refractivity contribution in [3.63, 3.8) is 0 Å². The Balaban J connectivity index is 0.000000896. The minimum absolute atomic E-state index is 0.136. The average Bonchev–Trinajstić information content (AvgIpc) is 2.47. The van der Waals surface area contributed by atoms with Crippen LogP contribution in [0.15, 0.2) is 12.1 Å². The van der Waals surface area contributed by atoms with Crippen molar-refractivity contribution in [1.29, 1.82) is 0 Å². The summed E-state index contributed by atoms with van der Waals surface area (Å²) in [6, 6.07) is 3.83. The van der Waals surface area contributed by atoms with Crippen LogP contribution in [0.2, 0.25) is 5.02 Å². The molecule has 0 aromatic heterocycles. The summed E-state index contributed by atoms with van der Waals surface area (Å²) in [6.45, 7) is 13.1. The second-order valence-corrected chi connectivity index (χ2v) is 7.05. The Morgan fingerprint density at radius 3 is 1.96 bits per heavy atom. The van der Waals surface area contributed by atoms with Gasteiger partial charge in [0.1, 0.15) is 12.4 Å².